The van der Waals surface area contributed by atoms with Gasteiger partial charge in [0.1, 0.15) is 24.8 Å². The molecule has 3 aliphatic rings. The van der Waals surface area contributed by atoms with Crippen LogP contribution in [0.25, 0.3) is 22.9 Å². The second-order valence-corrected chi connectivity index (χ2v) is 8.57. The van der Waals surface area contributed by atoms with Crippen molar-refractivity contribution in [2.24, 2.45) is 0 Å². The van der Waals surface area contributed by atoms with Crippen molar-refractivity contribution < 1.29 is 14.2 Å². The number of terminal acetylenes is 1. The lowest BCUT2D eigenvalue weighted by Crippen LogP contribution is -2.26. The van der Waals surface area contributed by atoms with Crippen LogP contribution in [0.1, 0.15) is 35.2 Å². The number of nitrogens with one attached hydrogen (secondary N) is 1. The first kappa shape index (κ1) is 20.7. The zero-order valence-electron chi connectivity index (χ0n) is 18.7. The lowest BCUT2D eigenvalue weighted by molar-refractivity contribution is 0.0254. The number of allylic oxidation sites excluding steroid dienone is 1. The van der Waals surface area contributed by atoms with Crippen LogP contribution < -0.4 is 14.8 Å². The molecule has 3 aromatic rings. The Kier molecular flexibility index (Phi) is 5.36. The summed E-state index contributed by atoms with van der Waals surface area (Å²) in [6.07, 6.45) is 14.1. The Hall–Kier alpha value is -3.89. The van der Waals surface area contributed by atoms with Gasteiger partial charge in [0.2, 0.25) is 5.88 Å². The summed E-state index contributed by atoms with van der Waals surface area (Å²) in [6.45, 7) is 2.85. The molecule has 2 aromatic heterocycles. The fourth-order valence-electron chi connectivity index (χ4n) is 4.61. The van der Waals surface area contributed by atoms with E-state index in [0.717, 1.165) is 89.7 Å². The van der Waals surface area contributed by atoms with Gasteiger partial charge in [0.05, 0.1) is 35.9 Å². The topological polar surface area (TPSA) is 78.4 Å². The number of benzene rings is 1. The van der Waals surface area contributed by atoms with Gasteiger partial charge in [-0.1, -0.05) is 5.92 Å². The Bertz CT molecular complexity index is 1320. The smallest absolute Gasteiger partial charge is 0.237 e. The number of hydrogen-bond acceptors (Lipinski definition) is 7. The van der Waals surface area contributed by atoms with Crippen LogP contribution >= 0.6 is 0 Å². The van der Waals surface area contributed by atoms with Gasteiger partial charge < -0.3 is 19.5 Å². The third kappa shape index (κ3) is 3.87. The van der Waals surface area contributed by atoms with Gasteiger partial charge in [-0.05, 0) is 41.5 Å². The molecule has 1 aromatic carbocycles. The van der Waals surface area contributed by atoms with Gasteiger partial charge >= 0.3 is 0 Å². The molecule has 1 aliphatic carbocycles. The first-order valence-electron chi connectivity index (χ1n) is 11.6. The molecule has 0 unspecified atom stereocenters. The minimum Gasteiger partial charge on any atom is -0.489 e. The second-order valence-electron chi connectivity index (χ2n) is 8.57. The lowest BCUT2D eigenvalue weighted by atomic mass is 10.0. The van der Waals surface area contributed by atoms with E-state index in [0.29, 0.717) is 12.5 Å². The van der Waals surface area contributed by atoms with E-state index >= 15 is 0 Å². The first-order chi connectivity index (χ1) is 16.8. The van der Waals surface area contributed by atoms with Crippen LogP contribution in [0.15, 0.2) is 36.8 Å². The minimum absolute atomic E-state index is 0.130. The summed E-state index contributed by atoms with van der Waals surface area (Å²) >= 11 is 0. The number of fused-ring (bicyclic) bond motifs is 2. The van der Waals surface area contributed by atoms with E-state index in [1.807, 2.05) is 24.4 Å². The van der Waals surface area contributed by atoms with Gasteiger partial charge in [-0.25, -0.2) is 15.0 Å². The van der Waals surface area contributed by atoms with Crippen molar-refractivity contribution in [3.63, 3.8) is 0 Å². The SMILES string of the molecule is C#Cc1cc(-c2ncnc3c2C=C(c2cnc4c(c2)NCCO4)C3)ccc1OC1CCOCC1. The monoisotopic (exact) mass is 452 g/mol. The van der Waals surface area contributed by atoms with Crippen LogP contribution in [-0.4, -0.2) is 47.4 Å². The zero-order chi connectivity index (χ0) is 22.9. The average molecular weight is 453 g/mol. The summed E-state index contributed by atoms with van der Waals surface area (Å²) in [5, 5.41) is 3.35. The van der Waals surface area contributed by atoms with E-state index in [2.05, 4.69) is 38.3 Å². The molecule has 0 amide bonds. The van der Waals surface area contributed by atoms with E-state index in [4.69, 9.17) is 20.6 Å². The van der Waals surface area contributed by atoms with Crippen LogP contribution in [0, 0.1) is 12.3 Å². The van der Waals surface area contributed by atoms with E-state index in [9.17, 15) is 0 Å². The molecule has 6 rings (SSSR count). The number of anilines is 1. The van der Waals surface area contributed by atoms with E-state index in [1.165, 1.54) is 0 Å². The normalized spacial score (nSPS) is 17.0. The predicted molar refractivity (Wildman–Crippen MR) is 130 cm³/mol. The van der Waals surface area contributed by atoms with E-state index in [1.54, 1.807) is 6.33 Å². The average Bonchev–Trinajstić information content (AvgIpc) is 3.34. The minimum atomic E-state index is 0.130. The highest BCUT2D eigenvalue weighted by molar-refractivity contribution is 5.92. The third-order valence-electron chi connectivity index (χ3n) is 6.39. The molecular weight excluding hydrogens is 428 g/mol. The molecule has 7 nitrogen and oxygen atoms in total. The molecule has 0 saturated carbocycles. The summed E-state index contributed by atoms with van der Waals surface area (Å²) in [4.78, 5) is 13.6. The van der Waals surface area contributed by atoms with Crippen molar-refractivity contribution in [2.75, 3.05) is 31.7 Å². The van der Waals surface area contributed by atoms with E-state index in [-0.39, 0.29) is 6.10 Å². The van der Waals surface area contributed by atoms with Crippen LogP contribution in [0.2, 0.25) is 0 Å². The Morgan fingerprint density at radius 1 is 1.06 bits per heavy atom. The highest BCUT2D eigenvalue weighted by Gasteiger charge is 2.23. The molecular formula is C27H24N4O3. The van der Waals surface area contributed by atoms with Crippen LogP contribution in [0.3, 0.4) is 0 Å². The third-order valence-corrected chi connectivity index (χ3v) is 6.39. The van der Waals surface area contributed by atoms with Gasteiger partial charge in [-0.3, -0.25) is 0 Å². The van der Waals surface area contributed by atoms with Crippen LogP contribution in [0.4, 0.5) is 5.69 Å². The maximum atomic E-state index is 6.19. The number of nitrogens with zero attached hydrogens (tertiary/aromatic N) is 3. The highest BCUT2D eigenvalue weighted by Crippen LogP contribution is 2.38. The van der Waals surface area contributed by atoms with Gasteiger partial charge in [0.25, 0.3) is 0 Å². The number of rotatable bonds is 4. The molecule has 0 bridgehead atoms. The molecule has 1 saturated heterocycles. The van der Waals surface area contributed by atoms with Crippen LogP contribution in [0.5, 0.6) is 11.6 Å². The number of ether oxygens (including phenoxy) is 3. The quantitative estimate of drug-likeness (QED) is 0.600. The zero-order valence-corrected chi connectivity index (χ0v) is 18.7. The second kappa shape index (κ2) is 8.81. The molecule has 170 valence electrons. The molecule has 0 radical (unpaired) electrons. The van der Waals surface area contributed by atoms with Crippen molar-refractivity contribution >= 4 is 17.3 Å². The molecule has 1 fully saturated rings. The van der Waals surface area contributed by atoms with Gasteiger partial charge in [0.15, 0.2) is 0 Å². The molecule has 2 aliphatic heterocycles. The van der Waals surface area contributed by atoms with Crippen molar-refractivity contribution in [1.29, 1.82) is 0 Å². The number of hydrogen-bond donors (Lipinski definition) is 1. The molecule has 7 heteroatoms. The molecule has 1 N–H and O–H groups in total. The summed E-state index contributed by atoms with van der Waals surface area (Å²) in [6, 6.07) is 8.04. The fraction of sp³-hybridized carbons (Fsp3) is 0.296. The van der Waals surface area contributed by atoms with Gasteiger partial charge in [0, 0.05) is 43.1 Å². The summed E-state index contributed by atoms with van der Waals surface area (Å²) in [5.74, 6) is 4.17. The van der Waals surface area contributed by atoms with Crippen LogP contribution in [-0.2, 0) is 11.2 Å². The lowest BCUT2D eigenvalue weighted by Gasteiger charge is -2.24. The number of aromatic nitrogens is 3. The molecule has 0 atom stereocenters. The Balaban J connectivity index is 1.31. The van der Waals surface area contributed by atoms with Crippen molar-refractivity contribution in [2.45, 2.75) is 25.4 Å². The Morgan fingerprint density at radius 3 is 2.85 bits per heavy atom. The summed E-state index contributed by atoms with van der Waals surface area (Å²) in [5.41, 5.74) is 7.66. The number of pyridine rings is 1. The van der Waals surface area contributed by atoms with Gasteiger partial charge in [-0.15, -0.1) is 6.42 Å². The fourth-order valence-corrected chi connectivity index (χ4v) is 4.61. The largest absolute Gasteiger partial charge is 0.489 e. The van der Waals surface area contributed by atoms with E-state index < -0.39 is 0 Å². The summed E-state index contributed by atoms with van der Waals surface area (Å²) in [7, 11) is 0. The Morgan fingerprint density at radius 2 is 1.97 bits per heavy atom. The standard InChI is InChI=1S/C27H24N4O3/c1-2-17-11-18(3-4-25(17)34-21-5-8-32-9-6-21)26-22-12-19(13-23(22)30-16-31-26)20-14-24-27(29-15-20)33-10-7-28-24/h1,3-4,11-12,14-16,21,28H,5-10,13H2. The molecule has 4 heterocycles. The Labute approximate surface area is 198 Å². The maximum Gasteiger partial charge on any atom is 0.237 e. The van der Waals surface area contributed by atoms with Crippen molar-refractivity contribution in [3.05, 3.63) is 59.2 Å². The molecule has 0 spiro atoms. The van der Waals surface area contributed by atoms with Crippen molar-refractivity contribution in [3.8, 4) is 35.2 Å². The highest BCUT2D eigenvalue weighted by atomic mass is 16.5. The van der Waals surface area contributed by atoms with Crippen molar-refractivity contribution in [1.82, 2.24) is 15.0 Å². The molecule has 34 heavy (non-hydrogen) atoms. The summed E-state index contributed by atoms with van der Waals surface area (Å²) < 4.78 is 17.2. The first-order valence-corrected chi connectivity index (χ1v) is 11.6. The predicted octanol–water partition coefficient (Wildman–Crippen LogP) is 3.98. The maximum absolute atomic E-state index is 6.19. The van der Waals surface area contributed by atoms with Gasteiger partial charge in [-0.2, -0.15) is 0 Å².